The van der Waals surface area contributed by atoms with Crippen molar-refractivity contribution in [3.8, 4) is 0 Å². The lowest BCUT2D eigenvalue weighted by atomic mass is 9.95. The average molecular weight is 930 g/mol. The number of rotatable bonds is 45. The SMILES string of the molecule is C=CCCCO[C@H]1O[C@H](CO)[C@@H](O)[C@H](OC(=O)C[C@@H](CCCCCCCCCCC)OC(=O)CCCCCCCCCCCCC)[C@H]1NC(=O)C(F)(F)CCCCCCCCCCCC. The van der Waals surface area contributed by atoms with Crippen molar-refractivity contribution < 1.29 is 52.3 Å². The van der Waals surface area contributed by atoms with Gasteiger partial charge in [-0.3, -0.25) is 14.4 Å². The molecule has 1 heterocycles. The Morgan fingerprint density at radius 3 is 1.62 bits per heavy atom. The van der Waals surface area contributed by atoms with Gasteiger partial charge in [0.05, 0.1) is 19.6 Å². The van der Waals surface area contributed by atoms with Gasteiger partial charge in [-0.25, -0.2) is 0 Å². The molecule has 1 fully saturated rings. The maximum absolute atomic E-state index is 15.5. The van der Waals surface area contributed by atoms with Gasteiger partial charge in [-0.2, -0.15) is 8.78 Å². The number of hydrogen-bond acceptors (Lipinski definition) is 9. The fourth-order valence-corrected chi connectivity index (χ4v) is 8.59. The molecule has 0 aromatic carbocycles. The Hall–Kier alpha value is -2.15. The van der Waals surface area contributed by atoms with Crippen LogP contribution < -0.4 is 5.32 Å². The molecule has 0 aromatic heterocycles. The Balaban J connectivity index is 3.00. The summed E-state index contributed by atoms with van der Waals surface area (Å²) in [6.45, 7) is 9.71. The van der Waals surface area contributed by atoms with E-state index in [2.05, 4.69) is 32.7 Å². The summed E-state index contributed by atoms with van der Waals surface area (Å²) in [5.74, 6) is -6.55. The van der Waals surface area contributed by atoms with E-state index in [9.17, 15) is 24.6 Å². The Bertz CT molecular complexity index is 1180. The van der Waals surface area contributed by atoms with E-state index in [-0.39, 0.29) is 31.8 Å². The van der Waals surface area contributed by atoms with Gasteiger partial charge in [0.25, 0.3) is 5.91 Å². The van der Waals surface area contributed by atoms with Gasteiger partial charge in [-0.1, -0.05) is 200 Å². The molecule has 382 valence electrons. The zero-order valence-corrected chi connectivity index (χ0v) is 41.6. The second-order valence-electron chi connectivity index (χ2n) is 18.8. The highest BCUT2D eigenvalue weighted by molar-refractivity contribution is 5.83. The topological polar surface area (TPSA) is 141 Å². The summed E-state index contributed by atoms with van der Waals surface area (Å²) in [6, 6.07) is -1.52. The van der Waals surface area contributed by atoms with Crippen LogP contribution in [0.3, 0.4) is 0 Å². The summed E-state index contributed by atoms with van der Waals surface area (Å²) >= 11 is 0. The number of aliphatic hydroxyl groups is 2. The molecule has 0 unspecified atom stereocenters. The van der Waals surface area contributed by atoms with Gasteiger partial charge < -0.3 is 34.5 Å². The first-order valence-electron chi connectivity index (χ1n) is 26.8. The number of alkyl halides is 2. The molecule has 12 heteroatoms. The van der Waals surface area contributed by atoms with Crippen molar-refractivity contribution in [3.63, 3.8) is 0 Å². The van der Waals surface area contributed by atoms with Crippen LogP contribution in [-0.4, -0.2) is 83.9 Å². The zero-order chi connectivity index (χ0) is 47.8. The van der Waals surface area contributed by atoms with Crippen molar-refractivity contribution in [1.82, 2.24) is 5.32 Å². The highest BCUT2D eigenvalue weighted by Gasteiger charge is 2.51. The number of halogens is 2. The third kappa shape index (κ3) is 30.8. The number of allylic oxidation sites excluding steroid dienone is 1. The zero-order valence-electron chi connectivity index (χ0n) is 41.6. The third-order valence-electron chi connectivity index (χ3n) is 12.7. The van der Waals surface area contributed by atoms with Gasteiger partial charge in [0.15, 0.2) is 12.4 Å². The fourth-order valence-electron chi connectivity index (χ4n) is 8.59. The van der Waals surface area contributed by atoms with Crippen molar-refractivity contribution in [2.24, 2.45) is 0 Å². The monoisotopic (exact) mass is 930 g/mol. The number of nitrogens with one attached hydrogen (secondary N) is 1. The summed E-state index contributed by atoms with van der Waals surface area (Å²) in [5.41, 5.74) is 0. The number of esters is 2. The Labute approximate surface area is 394 Å². The summed E-state index contributed by atoms with van der Waals surface area (Å²) in [7, 11) is 0. The van der Waals surface area contributed by atoms with E-state index in [1.165, 1.54) is 103 Å². The van der Waals surface area contributed by atoms with Gasteiger partial charge >= 0.3 is 17.9 Å². The van der Waals surface area contributed by atoms with Crippen molar-refractivity contribution in [3.05, 3.63) is 12.7 Å². The molecule has 3 N–H and O–H groups in total. The van der Waals surface area contributed by atoms with Crippen LogP contribution in [0.5, 0.6) is 0 Å². The van der Waals surface area contributed by atoms with Crippen molar-refractivity contribution in [1.29, 1.82) is 0 Å². The lowest BCUT2D eigenvalue weighted by molar-refractivity contribution is -0.274. The molecule has 0 bridgehead atoms. The highest BCUT2D eigenvalue weighted by Crippen LogP contribution is 2.29. The van der Waals surface area contributed by atoms with E-state index >= 15 is 8.78 Å². The molecule has 1 aliphatic heterocycles. The quantitative estimate of drug-likeness (QED) is 0.0309. The van der Waals surface area contributed by atoms with E-state index in [1.807, 2.05) is 0 Å². The molecule has 0 spiro atoms. The van der Waals surface area contributed by atoms with E-state index in [1.54, 1.807) is 6.08 Å². The second kappa shape index (κ2) is 40.9. The smallest absolute Gasteiger partial charge is 0.324 e. The van der Waals surface area contributed by atoms with Gasteiger partial charge in [-0.15, -0.1) is 6.58 Å². The summed E-state index contributed by atoms with van der Waals surface area (Å²) < 4.78 is 54.3. The molecule has 0 saturated carbocycles. The van der Waals surface area contributed by atoms with Crippen LogP contribution >= 0.6 is 0 Å². The molecule has 1 amide bonds. The Kier molecular flexibility index (Phi) is 38.3. The molecule has 0 aliphatic carbocycles. The van der Waals surface area contributed by atoms with Crippen LogP contribution in [0, 0.1) is 0 Å². The van der Waals surface area contributed by atoms with Gasteiger partial charge in [0, 0.05) is 12.8 Å². The molecular formula is C53H97F2NO9. The molecule has 1 rings (SSSR count). The Morgan fingerprint density at radius 2 is 1.14 bits per heavy atom. The van der Waals surface area contributed by atoms with Crippen molar-refractivity contribution in [2.75, 3.05) is 13.2 Å². The van der Waals surface area contributed by atoms with Gasteiger partial charge in [0.1, 0.15) is 24.4 Å². The van der Waals surface area contributed by atoms with E-state index in [0.29, 0.717) is 32.1 Å². The van der Waals surface area contributed by atoms with E-state index in [0.717, 1.165) is 70.6 Å². The summed E-state index contributed by atoms with van der Waals surface area (Å²) in [5, 5.41) is 23.8. The van der Waals surface area contributed by atoms with Gasteiger partial charge in [-0.05, 0) is 38.5 Å². The third-order valence-corrected chi connectivity index (χ3v) is 12.7. The number of carbonyl (C=O) groups excluding carboxylic acids is 3. The van der Waals surface area contributed by atoms with Crippen LogP contribution in [0.2, 0.25) is 0 Å². The first-order chi connectivity index (χ1) is 31.5. The first kappa shape index (κ1) is 60.9. The number of unbranched alkanes of at least 4 members (excludes halogenated alkanes) is 28. The van der Waals surface area contributed by atoms with Crippen LogP contribution in [0.4, 0.5) is 8.78 Å². The summed E-state index contributed by atoms with van der Waals surface area (Å²) in [6.07, 6.45) is 27.8. The minimum absolute atomic E-state index is 0.0862. The predicted molar refractivity (Wildman–Crippen MR) is 258 cm³/mol. The lowest BCUT2D eigenvalue weighted by Gasteiger charge is -2.44. The Morgan fingerprint density at radius 1 is 0.677 bits per heavy atom. The minimum atomic E-state index is -3.75. The molecule has 65 heavy (non-hydrogen) atoms. The standard InChI is InChI=1S/C53H97F2NO9/c1-5-9-13-16-19-22-24-26-29-32-35-39-46(58)63-44(38-34-31-28-25-21-18-15-11-7-3)42-47(59)65-50-48(51(62-41-37-12-8-4)64-45(43-57)49(50)60)56-52(61)53(54,55)40-36-33-30-27-23-20-17-14-10-6-2/h8,44-45,48-51,57,60H,4-7,9-43H2,1-3H3,(H,56,61)/t44-,45-,48-,49-,50-,51+/m1/s1. The average Bonchev–Trinajstić information content (AvgIpc) is 3.28. The molecule has 1 saturated heterocycles. The highest BCUT2D eigenvalue weighted by atomic mass is 19.3. The molecular weight excluding hydrogens is 833 g/mol. The van der Waals surface area contributed by atoms with Crippen LogP contribution in [0.25, 0.3) is 0 Å². The second-order valence-corrected chi connectivity index (χ2v) is 18.8. The van der Waals surface area contributed by atoms with Crippen LogP contribution in [0.15, 0.2) is 12.7 Å². The van der Waals surface area contributed by atoms with E-state index < -0.39 is 67.6 Å². The largest absolute Gasteiger partial charge is 0.462 e. The predicted octanol–water partition coefficient (Wildman–Crippen LogP) is 13.3. The first-order valence-corrected chi connectivity index (χ1v) is 26.8. The van der Waals surface area contributed by atoms with Crippen LogP contribution in [0.1, 0.15) is 252 Å². The van der Waals surface area contributed by atoms with E-state index in [4.69, 9.17) is 18.9 Å². The lowest BCUT2D eigenvalue weighted by Crippen LogP contribution is -2.67. The van der Waals surface area contributed by atoms with Crippen LogP contribution in [-0.2, 0) is 33.3 Å². The number of amides is 1. The maximum atomic E-state index is 15.5. The number of ether oxygens (including phenoxy) is 4. The van der Waals surface area contributed by atoms with Gasteiger partial charge in [0.2, 0.25) is 0 Å². The normalized spacial score (nSPS) is 19.2. The maximum Gasteiger partial charge on any atom is 0.324 e. The number of aliphatic hydroxyl groups excluding tert-OH is 2. The van der Waals surface area contributed by atoms with Crippen molar-refractivity contribution >= 4 is 17.8 Å². The minimum Gasteiger partial charge on any atom is -0.462 e. The molecule has 1 aliphatic rings. The molecule has 0 aromatic rings. The molecule has 0 radical (unpaired) electrons. The number of carbonyl (C=O) groups is 3. The molecule has 10 nitrogen and oxygen atoms in total. The number of hydrogen-bond donors (Lipinski definition) is 3. The van der Waals surface area contributed by atoms with Crippen molar-refractivity contribution in [2.45, 2.75) is 295 Å². The molecule has 6 atom stereocenters. The fraction of sp³-hybridized carbons (Fsp3) is 0.906. The summed E-state index contributed by atoms with van der Waals surface area (Å²) in [4.78, 5) is 40.2.